The summed E-state index contributed by atoms with van der Waals surface area (Å²) >= 11 is 0. The van der Waals surface area contributed by atoms with Gasteiger partial charge in [-0.25, -0.2) is 0 Å². The van der Waals surface area contributed by atoms with Gasteiger partial charge in [-0.3, -0.25) is 4.98 Å². The van der Waals surface area contributed by atoms with Crippen molar-refractivity contribution in [3.63, 3.8) is 0 Å². The Morgan fingerprint density at radius 1 is 1.67 bits per heavy atom. The van der Waals surface area contributed by atoms with Crippen molar-refractivity contribution in [2.45, 2.75) is 31.7 Å². The third-order valence-electron chi connectivity index (χ3n) is 2.65. The van der Waals surface area contributed by atoms with Crippen LogP contribution in [0.1, 0.15) is 30.5 Å². The smallest absolute Gasteiger partial charge is 0.0439 e. The number of rotatable bonds is 1. The highest BCUT2D eigenvalue weighted by Gasteiger charge is 2.25. The van der Waals surface area contributed by atoms with Crippen LogP contribution in [0.4, 0.5) is 0 Å². The molecule has 2 N–H and O–H groups in total. The summed E-state index contributed by atoms with van der Waals surface area (Å²) in [6.07, 6.45) is 4.13. The summed E-state index contributed by atoms with van der Waals surface area (Å²) in [4.78, 5) is 4.34. The molecule has 1 aromatic rings. The van der Waals surface area contributed by atoms with E-state index in [1.165, 1.54) is 17.7 Å². The maximum absolute atomic E-state index is 5.88. The second kappa shape index (κ2) is 2.87. The maximum atomic E-state index is 5.88. The predicted molar refractivity (Wildman–Crippen MR) is 48.9 cm³/mol. The monoisotopic (exact) mass is 162 g/mol. The number of nitrogens with two attached hydrogens (primary N) is 1. The van der Waals surface area contributed by atoms with Crippen molar-refractivity contribution in [3.8, 4) is 0 Å². The molecule has 0 amide bonds. The van der Waals surface area contributed by atoms with Crippen LogP contribution in [0, 0.1) is 0 Å². The molecule has 0 bridgehead atoms. The minimum absolute atomic E-state index is 0.260. The van der Waals surface area contributed by atoms with Crippen LogP contribution >= 0.6 is 0 Å². The Kier molecular flexibility index (Phi) is 1.85. The summed E-state index contributed by atoms with van der Waals surface area (Å²) in [6.45, 7) is 2.08. The molecule has 0 saturated carbocycles. The molecule has 0 aliphatic heterocycles. The zero-order chi connectivity index (χ0) is 8.55. The van der Waals surface area contributed by atoms with Crippen molar-refractivity contribution < 1.29 is 0 Å². The third-order valence-corrected chi connectivity index (χ3v) is 2.65. The van der Waals surface area contributed by atoms with Gasteiger partial charge >= 0.3 is 0 Å². The molecule has 1 heterocycles. The van der Waals surface area contributed by atoms with E-state index in [0.29, 0.717) is 5.92 Å². The van der Waals surface area contributed by atoms with Crippen molar-refractivity contribution in [1.29, 1.82) is 0 Å². The van der Waals surface area contributed by atoms with Crippen LogP contribution in [0.3, 0.4) is 0 Å². The molecule has 2 atom stereocenters. The summed E-state index contributed by atoms with van der Waals surface area (Å²) in [5, 5.41) is 0. The molecule has 1 aliphatic rings. The molecule has 2 heteroatoms. The highest BCUT2D eigenvalue weighted by atomic mass is 14.7. The summed E-state index contributed by atoms with van der Waals surface area (Å²) in [7, 11) is 0. The van der Waals surface area contributed by atoms with Crippen molar-refractivity contribution in [2.75, 3.05) is 0 Å². The Morgan fingerprint density at radius 2 is 2.50 bits per heavy atom. The van der Waals surface area contributed by atoms with Crippen LogP contribution < -0.4 is 5.73 Å². The molecule has 0 spiro atoms. The number of aromatic nitrogens is 1. The van der Waals surface area contributed by atoms with Gasteiger partial charge in [0.25, 0.3) is 0 Å². The summed E-state index contributed by atoms with van der Waals surface area (Å²) in [5.41, 5.74) is 8.50. The van der Waals surface area contributed by atoms with Crippen molar-refractivity contribution in [1.82, 2.24) is 4.98 Å². The molecule has 1 aromatic heterocycles. The SMILES string of the molecule is CC(N)C1CCc2ncccc21. The van der Waals surface area contributed by atoms with Gasteiger partial charge in [-0.15, -0.1) is 0 Å². The highest BCUT2D eigenvalue weighted by Crippen LogP contribution is 2.32. The van der Waals surface area contributed by atoms with Crippen LogP contribution in [-0.2, 0) is 6.42 Å². The Bertz CT molecular complexity index is 281. The molecular formula is C10H14N2. The van der Waals surface area contributed by atoms with E-state index in [9.17, 15) is 0 Å². The number of fused-ring (bicyclic) bond motifs is 1. The fraction of sp³-hybridized carbons (Fsp3) is 0.500. The Labute approximate surface area is 72.8 Å². The van der Waals surface area contributed by atoms with Crippen LogP contribution in [0.5, 0.6) is 0 Å². The van der Waals surface area contributed by atoms with Gasteiger partial charge in [-0.05, 0) is 31.4 Å². The van der Waals surface area contributed by atoms with Gasteiger partial charge in [-0.2, -0.15) is 0 Å². The molecule has 2 rings (SSSR count). The molecule has 0 aromatic carbocycles. The topological polar surface area (TPSA) is 38.9 Å². The molecule has 0 saturated heterocycles. The fourth-order valence-electron chi connectivity index (χ4n) is 1.99. The van der Waals surface area contributed by atoms with Crippen molar-refractivity contribution >= 4 is 0 Å². The average molecular weight is 162 g/mol. The predicted octanol–water partition coefficient (Wildman–Crippen LogP) is 1.46. The zero-order valence-corrected chi connectivity index (χ0v) is 7.33. The summed E-state index contributed by atoms with van der Waals surface area (Å²) < 4.78 is 0. The van der Waals surface area contributed by atoms with Gasteiger partial charge in [0.05, 0.1) is 0 Å². The second-order valence-corrected chi connectivity index (χ2v) is 3.54. The first-order valence-corrected chi connectivity index (χ1v) is 4.48. The molecule has 12 heavy (non-hydrogen) atoms. The van der Waals surface area contributed by atoms with E-state index in [4.69, 9.17) is 5.73 Å². The van der Waals surface area contributed by atoms with E-state index >= 15 is 0 Å². The summed E-state index contributed by atoms with van der Waals surface area (Å²) in [5.74, 6) is 0.536. The van der Waals surface area contributed by atoms with Crippen molar-refractivity contribution in [3.05, 3.63) is 29.6 Å². The summed E-state index contributed by atoms with van der Waals surface area (Å²) in [6, 6.07) is 4.42. The maximum Gasteiger partial charge on any atom is 0.0439 e. The number of pyridine rings is 1. The van der Waals surface area contributed by atoms with Gasteiger partial charge in [0, 0.05) is 23.9 Å². The minimum atomic E-state index is 0.260. The van der Waals surface area contributed by atoms with E-state index < -0.39 is 0 Å². The van der Waals surface area contributed by atoms with Gasteiger partial charge in [0.2, 0.25) is 0 Å². The molecule has 2 nitrogen and oxygen atoms in total. The highest BCUT2D eigenvalue weighted by molar-refractivity contribution is 5.30. The minimum Gasteiger partial charge on any atom is -0.327 e. The van der Waals surface area contributed by atoms with E-state index in [-0.39, 0.29) is 6.04 Å². The number of nitrogens with zero attached hydrogens (tertiary/aromatic N) is 1. The molecule has 1 aliphatic carbocycles. The molecule has 0 fully saturated rings. The second-order valence-electron chi connectivity index (χ2n) is 3.54. The van der Waals surface area contributed by atoms with Gasteiger partial charge in [-0.1, -0.05) is 6.07 Å². The van der Waals surface area contributed by atoms with Crippen LogP contribution in [0.15, 0.2) is 18.3 Å². The van der Waals surface area contributed by atoms with Gasteiger partial charge in [0.15, 0.2) is 0 Å². The van der Waals surface area contributed by atoms with Crippen molar-refractivity contribution in [2.24, 2.45) is 5.73 Å². The molecule has 64 valence electrons. The Hall–Kier alpha value is -0.890. The van der Waals surface area contributed by atoms with Gasteiger partial charge in [0.1, 0.15) is 0 Å². The zero-order valence-electron chi connectivity index (χ0n) is 7.33. The van der Waals surface area contributed by atoms with Crippen LogP contribution in [0.2, 0.25) is 0 Å². The normalized spacial score (nSPS) is 23.7. The standard InChI is InChI=1S/C10H14N2/c1-7(11)8-4-5-10-9(8)3-2-6-12-10/h2-3,6-8H,4-5,11H2,1H3. The lowest BCUT2D eigenvalue weighted by molar-refractivity contribution is 0.564. The van der Waals surface area contributed by atoms with E-state index in [2.05, 4.69) is 18.0 Å². The first kappa shape index (κ1) is 7.74. The van der Waals surface area contributed by atoms with E-state index in [0.717, 1.165) is 6.42 Å². The van der Waals surface area contributed by atoms with Crippen LogP contribution in [-0.4, -0.2) is 11.0 Å². The Balaban J connectivity index is 2.36. The average Bonchev–Trinajstić information content (AvgIpc) is 2.47. The lowest BCUT2D eigenvalue weighted by Crippen LogP contribution is -2.22. The van der Waals surface area contributed by atoms with Crippen LogP contribution in [0.25, 0.3) is 0 Å². The van der Waals surface area contributed by atoms with E-state index in [1.54, 1.807) is 0 Å². The molecular weight excluding hydrogens is 148 g/mol. The lowest BCUT2D eigenvalue weighted by Gasteiger charge is -2.14. The quantitative estimate of drug-likeness (QED) is 0.679. The first-order valence-electron chi connectivity index (χ1n) is 4.48. The van der Waals surface area contributed by atoms with Gasteiger partial charge < -0.3 is 5.73 Å². The molecule has 2 unspecified atom stereocenters. The van der Waals surface area contributed by atoms with E-state index in [1.807, 2.05) is 12.3 Å². The lowest BCUT2D eigenvalue weighted by atomic mass is 9.96. The largest absolute Gasteiger partial charge is 0.327 e. The third kappa shape index (κ3) is 1.12. The number of hydrogen-bond acceptors (Lipinski definition) is 2. The number of hydrogen-bond donors (Lipinski definition) is 1. The first-order chi connectivity index (χ1) is 5.79. The molecule has 0 radical (unpaired) electrons. The Morgan fingerprint density at radius 3 is 3.25 bits per heavy atom. The number of aryl methyl sites for hydroxylation is 1. The fourth-order valence-corrected chi connectivity index (χ4v) is 1.99.